The Morgan fingerprint density at radius 1 is 1.31 bits per heavy atom. The Balaban J connectivity index is 2.58. The van der Waals surface area contributed by atoms with E-state index in [-0.39, 0.29) is 0 Å². The molecule has 1 aromatic rings. The second-order valence-electron chi connectivity index (χ2n) is 3.85. The smallest absolute Gasteiger partial charge is 0.155 e. The number of nitrogens with zero attached hydrogens (tertiary/aromatic N) is 2. The highest BCUT2D eigenvalue weighted by molar-refractivity contribution is 7.99. The van der Waals surface area contributed by atoms with Gasteiger partial charge in [0.05, 0.1) is 0 Å². The fourth-order valence-corrected chi connectivity index (χ4v) is 1.79. The zero-order valence-electron chi connectivity index (χ0n) is 10.2. The highest BCUT2D eigenvalue weighted by atomic mass is 35.5. The van der Waals surface area contributed by atoms with Gasteiger partial charge in [0, 0.05) is 11.8 Å². The van der Waals surface area contributed by atoms with Gasteiger partial charge in [-0.15, -0.1) is 10.2 Å². The average molecular weight is 260 g/mol. The van der Waals surface area contributed by atoms with Crippen LogP contribution in [-0.4, -0.2) is 28.2 Å². The highest BCUT2D eigenvalue weighted by Gasteiger charge is 2.07. The molecular weight excluding hydrogens is 242 g/mol. The third-order valence-corrected chi connectivity index (χ3v) is 4.11. The van der Waals surface area contributed by atoms with Crippen molar-refractivity contribution < 1.29 is 0 Å². The van der Waals surface area contributed by atoms with Gasteiger partial charge in [0.25, 0.3) is 0 Å². The van der Waals surface area contributed by atoms with Crippen molar-refractivity contribution in [2.24, 2.45) is 0 Å². The number of rotatable bonds is 5. The summed E-state index contributed by atoms with van der Waals surface area (Å²) in [6, 6.07) is 0. The molecule has 1 atom stereocenters. The predicted molar refractivity (Wildman–Crippen MR) is 72.6 cm³/mol. The van der Waals surface area contributed by atoms with Crippen LogP contribution in [-0.2, 0) is 0 Å². The van der Waals surface area contributed by atoms with Gasteiger partial charge in [-0.1, -0.05) is 18.5 Å². The minimum atomic E-state index is 0.487. The van der Waals surface area contributed by atoms with Crippen molar-refractivity contribution in [3.63, 3.8) is 0 Å². The van der Waals surface area contributed by atoms with Gasteiger partial charge in [0.15, 0.2) is 11.0 Å². The first-order chi connectivity index (χ1) is 7.56. The Bertz CT molecular complexity index is 357. The number of hydrogen-bond acceptors (Lipinski definition) is 4. The molecule has 0 spiro atoms. The molecule has 0 amide bonds. The molecule has 0 saturated heterocycles. The third kappa shape index (κ3) is 3.52. The van der Waals surface area contributed by atoms with Crippen molar-refractivity contribution in [3.05, 3.63) is 16.3 Å². The molecule has 90 valence electrons. The lowest BCUT2D eigenvalue weighted by Crippen LogP contribution is -2.11. The topological polar surface area (TPSA) is 37.8 Å². The highest BCUT2D eigenvalue weighted by Crippen LogP contribution is 2.20. The summed E-state index contributed by atoms with van der Waals surface area (Å²) < 4.78 is 0. The number of halogens is 1. The van der Waals surface area contributed by atoms with Crippen LogP contribution >= 0.6 is 23.4 Å². The van der Waals surface area contributed by atoms with Crippen LogP contribution in [0.15, 0.2) is 0 Å². The lowest BCUT2D eigenvalue weighted by molar-refractivity contribution is 0.842. The Morgan fingerprint density at radius 2 is 2.00 bits per heavy atom. The Kier molecular flexibility index (Phi) is 5.35. The normalized spacial score (nSPS) is 12.6. The van der Waals surface area contributed by atoms with E-state index in [1.807, 2.05) is 25.6 Å². The molecule has 1 aromatic heterocycles. The van der Waals surface area contributed by atoms with Crippen LogP contribution in [0.5, 0.6) is 0 Å². The van der Waals surface area contributed by atoms with Crippen LogP contribution in [0.1, 0.15) is 24.5 Å². The standard InChI is InChI=1S/C11H18ClN3S/c1-7(16-4)5-6-13-11-9(3)8(2)10(12)14-15-11/h7H,5-6H2,1-4H3,(H,13,15). The van der Waals surface area contributed by atoms with Crippen molar-refractivity contribution >= 4 is 29.2 Å². The summed E-state index contributed by atoms with van der Waals surface area (Å²) in [6.45, 7) is 7.11. The number of nitrogens with one attached hydrogen (secondary N) is 1. The summed E-state index contributed by atoms with van der Waals surface area (Å²) in [5.41, 5.74) is 2.08. The molecule has 0 saturated carbocycles. The number of thioether (sulfide) groups is 1. The van der Waals surface area contributed by atoms with Gasteiger partial charge in [0.1, 0.15) is 0 Å². The van der Waals surface area contributed by atoms with Gasteiger partial charge >= 0.3 is 0 Å². The van der Waals surface area contributed by atoms with Crippen molar-refractivity contribution in [2.45, 2.75) is 32.4 Å². The quantitative estimate of drug-likeness (QED) is 0.881. The van der Waals surface area contributed by atoms with E-state index in [0.29, 0.717) is 10.4 Å². The first-order valence-electron chi connectivity index (χ1n) is 5.32. The lowest BCUT2D eigenvalue weighted by atomic mass is 10.2. The zero-order valence-corrected chi connectivity index (χ0v) is 11.7. The molecule has 1 rings (SSSR count). The van der Waals surface area contributed by atoms with Gasteiger partial charge in [0.2, 0.25) is 0 Å². The maximum Gasteiger partial charge on any atom is 0.155 e. The zero-order chi connectivity index (χ0) is 12.1. The predicted octanol–water partition coefficient (Wildman–Crippen LogP) is 3.30. The fourth-order valence-electron chi connectivity index (χ4n) is 1.26. The van der Waals surface area contributed by atoms with Gasteiger partial charge in [-0.25, -0.2) is 0 Å². The summed E-state index contributed by atoms with van der Waals surface area (Å²) in [5, 5.41) is 12.4. The fraction of sp³-hybridized carbons (Fsp3) is 0.636. The van der Waals surface area contributed by atoms with E-state index in [0.717, 1.165) is 29.9 Å². The minimum Gasteiger partial charge on any atom is -0.368 e. The second kappa shape index (κ2) is 6.30. The van der Waals surface area contributed by atoms with Crippen LogP contribution < -0.4 is 5.32 Å². The van der Waals surface area contributed by atoms with Crippen LogP contribution in [0, 0.1) is 13.8 Å². The molecule has 16 heavy (non-hydrogen) atoms. The van der Waals surface area contributed by atoms with E-state index in [1.54, 1.807) is 0 Å². The van der Waals surface area contributed by atoms with Gasteiger partial charge in [-0.3, -0.25) is 0 Å². The maximum atomic E-state index is 5.89. The SMILES string of the molecule is CSC(C)CCNc1nnc(Cl)c(C)c1C. The molecule has 0 fully saturated rings. The van der Waals surface area contributed by atoms with Gasteiger partial charge in [-0.2, -0.15) is 11.8 Å². The molecule has 3 nitrogen and oxygen atoms in total. The minimum absolute atomic E-state index is 0.487. The Hall–Kier alpha value is -0.480. The van der Waals surface area contributed by atoms with Crippen LogP contribution in [0.3, 0.4) is 0 Å². The first kappa shape index (κ1) is 13.6. The average Bonchev–Trinajstić information content (AvgIpc) is 2.29. The van der Waals surface area contributed by atoms with Crippen LogP contribution in [0.4, 0.5) is 5.82 Å². The number of hydrogen-bond donors (Lipinski definition) is 1. The van der Waals surface area contributed by atoms with Gasteiger partial charge < -0.3 is 5.32 Å². The van der Waals surface area contributed by atoms with Gasteiger partial charge in [-0.05, 0) is 37.7 Å². The van der Waals surface area contributed by atoms with E-state index in [1.165, 1.54) is 0 Å². The number of aromatic nitrogens is 2. The Morgan fingerprint density at radius 3 is 2.62 bits per heavy atom. The number of anilines is 1. The molecule has 1 unspecified atom stereocenters. The van der Waals surface area contributed by atoms with E-state index in [9.17, 15) is 0 Å². The Labute approximate surface area is 106 Å². The molecule has 1 N–H and O–H groups in total. The van der Waals surface area contributed by atoms with E-state index >= 15 is 0 Å². The van der Waals surface area contributed by atoms with Crippen LogP contribution in [0.25, 0.3) is 0 Å². The lowest BCUT2D eigenvalue weighted by Gasteiger charge is -2.12. The first-order valence-corrected chi connectivity index (χ1v) is 6.99. The molecule has 0 aliphatic heterocycles. The summed E-state index contributed by atoms with van der Waals surface area (Å²) >= 11 is 7.76. The molecule has 0 aliphatic carbocycles. The van der Waals surface area contributed by atoms with Crippen LogP contribution in [0.2, 0.25) is 5.15 Å². The largest absolute Gasteiger partial charge is 0.368 e. The van der Waals surface area contributed by atoms with Crippen molar-refractivity contribution in [1.29, 1.82) is 0 Å². The van der Waals surface area contributed by atoms with Crippen molar-refractivity contribution in [3.8, 4) is 0 Å². The molecule has 1 heterocycles. The molecule has 5 heteroatoms. The van der Waals surface area contributed by atoms with E-state index in [4.69, 9.17) is 11.6 Å². The third-order valence-electron chi connectivity index (χ3n) is 2.71. The second-order valence-corrected chi connectivity index (χ2v) is 5.49. The summed E-state index contributed by atoms with van der Waals surface area (Å²) in [7, 11) is 0. The van der Waals surface area contributed by atoms with Crippen molar-refractivity contribution in [2.75, 3.05) is 18.1 Å². The van der Waals surface area contributed by atoms with Crippen molar-refractivity contribution in [1.82, 2.24) is 10.2 Å². The molecule has 0 aromatic carbocycles. The summed E-state index contributed by atoms with van der Waals surface area (Å²) in [6.07, 6.45) is 3.24. The molecule has 0 bridgehead atoms. The van der Waals surface area contributed by atoms with E-state index in [2.05, 4.69) is 28.7 Å². The molecular formula is C11H18ClN3S. The molecule has 0 radical (unpaired) electrons. The summed E-state index contributed by atoms with van der Waals surface area (Å²) in [5.74, 6) is 0.843. The molecule has 0 aliphatic rings. The summed E-state index contributed by atoms with van der Waals surface area (Å²) in [4.78, 5) is 0. The maximum absolute atomic E-state index is 5.89. The monoisotopic (exact) mass is 259 g/mol. The van der Waals surface area contributed by atoms with E-state index < -0.39 is 0 Å².